The van der Waals surface area contributed by atoms with Crippen LogP contribution in [0.15, 0.2) is 10.8 Å². The van der Waals surface area contributed by atoms with Gasteiger partial charge in [-0.15, -0.1) is 0 Å². The smallest absolute Gasteiger partial charge is 0.200 e. The van der Waals surface area contributed by atoms with Gasteiger partial charge in [0.25, 0.3) is 0 Å². The van der Waals surface area contributed by atoms with E-state index in [0.717, 1.165) is 32.1 Å². The molecule has 2 N–H and O–H groups in total. The lowest BCUT2D eigenvalue weighted by molar-refractivity contribution is 0.122. The molecule has 76 valence electrons. The van der Waals surface area contributed by atoms with Gasteiger partial charge in [0.05, 0.1) is 13.2 Å². The maximum absolute atomic E-state index is 5.63. The van der Waals surface area contributed by atoms with E-state index in [0.29, 0.717) is 10.6 Å². The van der Waals surface area contributed by atoms with Crippen LogP contribution in [0.5, 0.6) is 0 Å². The molecular weight excluding hydrogens is 248 g/mol. The highest BCUT2D eigenvalue weighted by atomic mass is 79.9. The molecule has 0 saturated carbocycles. The van der Waals surface area contributed by atoms with Gasteiger partial charge in [0, 0.05) is 19.2 Å². The minimum absolute atomic E-state index is 0.480. The van der Waals surface area contributed by atoms with Crippen molar-refractivity contribution in [1.82, 2.24) is 9.97 Å². The molecule has 1 aliphatic rings. The van der Waals surface area contributed by atoms with E-state index in [4.69, 9.17) is 10.5 Å². The van der Waals surface area contributed by atoms with Crippen molar-refractivity contribution in [2.24, 2.45) is 0 Å². The van der Waals surface area contributed by atoms with E-state index in [-0.39, 0.29) is 0 Å². The lowest BCUT2D eigenvalue weighted by Gasteiger charge is -2.27. The molecule has 2 rings (SSSR count). The number of hydrogen-bond acceptors (Lipinski definition) is 5. The fourth-order valence-corrected chi connectivity index (χ4v) is 1.76. The monoisotopic (exact) mass is 258 g/mol. The van der Waals surface area contributed by atoms with Gasteiger partial charge in [-0.25, -0.2) is 9.97 Å². The Kier molecular flexibility index (Phi) is 2.83. The van der Waals surface area contributed by atoms with Gasteiger partial charge in [0.15, 0.2) is 4.73 Å². The molecule has 0 unspecified atom stereocenters. The van der Waals surface area contributed by atoms with E-state index in [1.165, 1.54) is 0 Å². The van der Waals surface area contributed by atoms with Gasteiger partial charge >= 0.3 is 0 Å². The molecule has 0 amide bonds. The molecule has 0 radical (unpaired) electrons. The zero-order valence-electron chi connectivity index (χ0n) is 7.61. The van der Waals surface area contributed by atoms with Crippen molar-refractivity contribution in [3.05, 3.63) is 10.8 Å². The van der Waals surface area contributed by atoms with Crippen LogP contribution in [0.4, 0.5) is 11.6 Å². The first-order valence-corrected chi connectivity index (χ1v) is 5.18. The minimum atomic E-state index is 0.480. The predicted molar refractivity (Wildman–Crippen MR) is 57.2 cm³/mol. The van der Waals surface area contributed by atoms with Gasteiger partial charge in [-0.2, -0.15) is 0 Å². The highest BCUT2D eigenvalue weighted by molar-refractivity contribution is 9.10. The highest BCUT2D eigenvalue weighted by Gasteiger charge is 2.13. The molecular formula is C8H11BrN4O. The standard InChI is InChI=1S/C8H11BrN4O/c9-8-11-6(10)5-7(12-8)13-1-3-14-4-2-13/h5H,1-4H2,(H2,10,11,12). The van der Waals surface area contributed by atoms with Gasteiger partial charge in [-0.05, 0) is 15.9 Å². The molecule has 14 heavy (non-hydrogen) atoms. The first-order valence-electron chi connectivity index (χ1n) is 4.38. The Labute approximate surface area is 90.4 Å². The van der Waals surface area contributed by atoms with E-state index < -0.39 is 0 Å². The number of morpholine rings is 1. The van der Waals surface area contributed by atoms with Gasteiger partial charge in [0.1, 0.15) is 11.6 Å². The third kappa shape index (κ3) is 2.13. The Hall–Kier alpha value is -0.880. The normalized spacial score (nSPS) is 17.1. The molecule has 1 aliphatic heterocycles. The van der Waals surface area contributed by atoms with Crippen molar-refractivity contribution >= 4 is 27.6 Å². The maximum Gasteiger partial charge on any atom is 0.200 e. The Morgan fingerprint density at radius 2 is 2.07 bits per heavy atom. The van der Waals surface area contributed by atoms with Crippen molar-refractivity contribution in [3.63, 3.8) is 0 Å². The quantitative estimate of drug-likeness (QED) is 0.750. The molecule has 1 saturated heterocycles. The van der Waals surface area contributed by atoms with Crippen molar-refractivity contribution < 1.29 is 4.74 Å². The van der Waals surface area contributed by atoms with E-state index in [1.807, 2.05) is 0 Å². The van der Waals surface area contributed by atoms with Crippen LogP contribution in [0.2, 0.25) is 0 Å². The van der Waals surface area contributed by atoms with Crippen LogP contribution in [0, 0.1) is 0 Å². The van der Waals surface area contributed by atoms with Gasteiger partial charge in [-0.1, -0.05) is 0 Å². The Morgan fingerprint density at radius 1 is 1.36 bits per heavy atom. The number of aromatic nitrogens is 2. The Morgan fingerprint density at radius 3 is 2.71 bits per heavy atom. The van der Waals surface area contributed by atoms with Crippen LogP contribution in [-0.2, 0) is 4.74 Å². The summed E-state index contributed by atoms with van der Waals surface area (Å²) in [4.78, 5) is 10.3. The molecule has 1 aromatic heterocycles. The fourth-order valence-electron chi connectivity index (χ4n) is 1.38. The molecule has 6 heteroatoms. The Bertz CT molecular complexity index is 307. The number of nitrogen functional groups attached to an aromatic ring is 1. The van der Waals surface area contributed by atoms with E-state index in [2.05, 4.69) is 30.8 Å². The zero-order chi connectivity index (χ0) is 9.97. The third-order valence-electron chi connectivity index (χ3n) is 2.04. The topological polar surface area (TPSA) is 64.3 Å². The average molecular weight is 259 g/mol. The van der Waals surface area contributed by atoms with Crippen LogP contribution in [0.25, 0.3) is 0 Å². The number of anilines is 2. The van der Waals surface area contributed by atoms with Crippen LogP contribution in [0.3, 0.4) is 0 Å². The first kappa shape index (κ1) is 9.67. The summed E-state index contributed by atoms with van der Waals surface area (Å²) in [7, 11) is 0. The van der Waals surface area contributed by atoms with Crippen LogP contribution >= 0.6 is 15.9 Å². The molecule has 2 heterocycles. The summed E-state index contributed by atoms with van der Waals surface area (Å²) in [6.07, 6.45) is 0. The van der Waals surface area contributed by atoms with Crippen molar-refractivity contribution in [2.75, 3.05) is 36.9 Å². The number of nitrogens with zero attached hydrogens (tertiary/aromatic N) is 3. The average Bonchev–Trinajstić information content (AvgIpc) is 2.18. The van der Waals surface area contributed by atoms with Gasteiger partial charge in [-0.3, -0.25) is 0 Å². The van der Waals surface area contributed by atoms with Crippen LogP contribution in [0.1, 0.15) is 0 Å². The van der Waals surface area contributed by atoms with E-state index in [1.54, 1.807) is 6.07 Å². The second-order valence-electron chi connectivity index (χ2n) is 3.02. The molecule has 0 atom stereocenters. The van der Waals surface area contributed by atoms with Crippen LogP contribution in [-0.4, -0.2) is 36.3 Å². The Balaban J connectivity index is 2.21. The summed E-state index contributed by atoms with van der Waals surface area (Å²) in [5.74, 6) is 1.33. The van der Waals surface area contributed by atoms with Crippen molar-refractivity contribution in [2.45, 2.75) is 0 Å². The molecule has 1 aromatic rings. The number of rotatable bonds is 1. The SMILES string of the molecule is Nc1cc(N2CCOCC2)nc(Br)n1. The van der Waals surface area contributed by atoms with Crippen LogP contribution < -0.4 is 10.6 Å². The number of nitrogens with two attached hydrogens (primary N) is 1. The maximum atomic E-state index is 5.63. The van der Waals surface area contributed by atoms with Gasteiger partial charge < -0.3 is 15.4 Å². The first-order chi connectivity index (χ1) is 6.75. The largest absolute Gasteiger partial charge is 0.383 e. The third-order valence-corrected chi connectivity index (χ3v) is 2.39. The summed E-state index contributed by atoms with van der Waals surface area (Å²) < 4.78 is 5.78. The lowest BCUT2D eigenvalue weighted by atomic mass is 10.4. The molecule has 0 aliphatic carbocycles. The fraction of sp³-hybridized carbons (Fsp3) is 0.500. The second kappa shape index (κ2) is 4.10. The number of hydrogen-bond donors (Lipinski definition) is 1. The summed E-state index contributed by atoms with van der Waals surface area (Å²) in [6.45, 7) is 3.18. The zero-order valence-corrected chi connectivity index (χ0v) is 9.20. The van der Waals surface area contributed by atoms with Crippen molar-refractivity contribution in [1.29, 1.82) is 0 Å². The molecule has 0 bridgehead atoms. The highest BCUT2D eigenvalue weighted by Crippen LogP contribution is 2.17. The molecule has 5 nitrogen and oxygen atoms in total. The summed E-state index contributed by atoms with van der Waals surface area (Å²) in [5.41, 5.74) is 5.63. The van der Waals surface area contributed by atoms with Crippen molar-refractivity contribution in [3.8, 4) is 0 Å². The second-order valence-corrected chi connectivity index (χ2v) is 3.73. The number of halogens is 1. The molecule has 0 aromatic carbocycles. The van der Waals surface area contributed by atoms with E-state index >= 15 is 0 Å². The summed E-state index contributed by atoms with van der Waals surface area (Å²) in [5, 5.41) is 0. The lowest BCUT2D eigenvalue weighted by Crippen LogP contribution is -2.36. The molecule has 1 fully saturated rings. The van der Waals surface area contributed by atoms with Gasteiger partial charge in [0.2, 0.25) is 0 Å². The molecule has 0 spiro atoms. The predicted octanol–water partition coefficient (Wildman–Crippen LogP) is 0.658. The summed E-state index contributed by atoms with van der Waals surface area (Å²) >= 11 is 3.22. The number of ether oxygens (including phenoxy) is 1. The minimum Gasteiger partial charge on any atom is -0.383 e. The summed E-state index contributed by atoms with van der Waals surface area (Å²) in [6, 6.07) is 1.77. The van der Waals surface area contributed by atoms with E-state index in [9.17, 15) is 0 Å².